The van der Waals surface area contributed by atoms with E-state index >= 15 is 0 Å². The van der Waals surface area contributed by atoms with Gasteiger partial charge in [0.25, 0.3) is 7.82 Å². The summed E-state index contributed by atoms with van der Waals surface area (Å²) in [6.45, 7) is 4.67. The van der Waals surface area contributed by atoms with Crippen LogP contribution in [-0.4, -0.2) is 68.5 Å². The third-order valence-corrected chi connectivity index (χ3v) is 15.7. The van der Waals surface area contributed by atoms with Gasteiger partial charge in [0, 0.05) is 6.42 Å². The Morgan fingerprint density at radius 3 is 1.12 bits per heavy atom. The number of allylic oxidation sites excluding steroid dienone is 7. The van der Waals surface area contributed by atoms with Crippen LogP contribution in [0.15, 0.2) is 48.6 Å². The Hall–Kier alpha value is -1.54. The fourth-order valence-electron chi connectivity index (χ4n) is 9.69. The Kier molecular flexibility index (Phi) is 56.0. The van der Waals surface area contributed by atoms with E-state index in [0.29, 0.717) is 17.4 Å². The SMILES string of the molecule is CCCCCCC/C=C\C/C=C\C/C=C\CCCCCCCCCCC(=O)NC(COP(=O)([O-])OCC[N+](C)(C)C)C(O)/C=C/CCCCCCCCCCCCCCCCCCCCCCCCCCCCCC. The van der Waals surface area contributed by atoms with E-state index in [9.17, 15) is 19.4 Å². The summed E-state index contributed by atoms with van der Waals surface area (Å²) < 4.78 is 23.4. The van der Waals surface area contributed by atoms with E-state index in [2.05, 4.69) is 55.6 Å². The maximum Gasteiger partial charge on any atom is 0.268 e. The zero-order valence-electron chi connectivity index (χ0n) is 50.5. The van der Waals surface area contributed by atoms with Gasteiger partial charge < -0.3 is 28.8 Å². The molecule has 0 fully saturated rings. The first-order valence-electron chi connectivity index (χ1n) is 32.5. The maximum atomic E-state index is 13.0. The van der Waals surface area contributed by atoms with Crippen LogP contribution in [0, 0.1) is 0 Å². The lowest BCUT2D eigenvalue weighted by Gasteiger charge is -2.29. The van der Waals surface area contributed by atoms with Gasteiger partial charge in [0.1, 0.15) is 13.2 Å². The molecule has 1 amide bonds. The normalized spacial score (nSPS) is 14.1. The van der Waals surface area contributed by atoms with Gasteiger partial charge in [-0.05, 0) is 57.8 Å². The molecule has 0 aliphatic rings. The highest BCUT2D eigenvalue weighted by Crippen LogP contribution is 2.38. The van der Waals surface area contributed by atoms with Crippen LogP contribution in [0.5, 0.6) is 0 Å². The van der Waals surface area contributed by atoms with Gasteiger partial charge in [-0.1, -0.05) is 300 Å². The van der Waals surface area contributed by atoms with Crippen LogP contribution in [0.2, 0.25) is 0 Å². The van der Waals surface area contributed by atoms with Crippen LogP contribution >= 0.6 is 7.82 Å². The summed E-state index contributed by atoms with van der Waals surface area (Å²) in [5.74, 6) is -0.202. The molecule has 442 valence electrons. The molecule has 0 aromatic rings. The molecule has 0 saturated heterocycles. The second-order valence-electron chi connectivity index (χ2n) is 23.5. The zero-order chi connectivity index (χ0) is 54.9. The number of likely N-dealkylation sites (N-methyl/N-ethyl adjacent to an activating group) is 1. The average Bonchev–Trinajstić information content (AvgIpc) is 3.37. The number of nitrogens with zero attached hydrogens (tertiary/aromatic N) is 1. The number of unbranched alkanes of at least 4 members (excludes halogenated alkanes) is 41. The Morgan fingerprint density at radius 1 is 0.467 bits per heavy atom. The van der Waals surface area contributed by atoms with Crippen molar-refractivity contribution in [2.75, 3.05) is 40.9 Å². The second kappa shape index (κ2) is 57.2. The summed E-state index contributed by atoms with van der Waals surface area (Å²) in [6, 6.07) is -0.894. The lowest BCUT2D eigenvalue weighted by Crippen LogP contribution is -2.45. The van der Waals surface area contributed by atoms with Crippen LogP contribution in [0.3, 0.4) is 0 Å². The van der Waals surface area contributed by atoms with Crippen molar-refractivity contribution in [2.24, 2.45) is 0 Å². The highest BCUT2D eigenvalue weighted by atomic mass is 31.2. The number of hydrogen-bond acceptors (Lipinski definition) is 6. The summed E-state index contributed by atoms with van der Waals surface area (Å²) in [5, 5.41) is 13.9. The third-order valence-electron chi connectivity index (χ3n) is 14.8. The quantitative estimate of drug-likeness (QED) is 0.0272. The molecular formula is C66H127N2O6P. The standard InChI is InChI=1S/C66H127N2O6P/c1-6-8-10-12-14-16-18-20-22-24-26-28-30-31-32-33-34-35-36-38-39-41-43-45-47-49-51-53-55-57-59-65(69)64(63-74-75(71,72)73-62-61-68(3,4)5)67-66(70)60-58-56-54-52-50-48-46-44-42-40-37-29-27-25-23-21-19-17-15-13-11-9-7-2/h19,21,25,27,37,40,57,59,64-65,69H,6-18,20,22-24,26,28-36,38-39,41-56,58,60-63H2,1-5H3,(H-,67,70,71,72)/b21-19-,27-25-,40-37-,59-57+. The molecule has 0 heterocycles. The highest BCUT2D eigenvalue weighted by molar-refractivity contribution is 7.45. The van der Waals surface area contributed by atoms with E-state index in [0.717, 1.165) is 57.8 Å². The van der Waals surface area contributed by atoms with Crippen molar-refractivity contribution in [2.45, 2.75) is 328 Å². The number of hydrogen-bond donors (Lipinski definition) is 2. The molecule has 0 aromatic carbocycles. The van der Waals surface area contributed by atoms with Crippen molar-refractivity contribution in [3.05, 3.63) is 48.6 Å². The minimum absolute atomic E-state index is 0.00321. The van der Waals surface area contributed by atoms with Gasteiger partial charge in [-0.15, -0.1) is 0 Å². The van der Waals surface area contributed by atoms with Crippen LogP contribution in [-0.2, 0) is 18.4 Å². The Labute approximate surface area is 467 Å². The van der Waals surface area contributed by atoms with Gasteiger partial charge in [0.15, 0.2) is 0 Å². The van der Waals surface area contributed by atoms with Crippen molar-refractivity contribution < 1.29 is 32.9 Å². The van der Waals surface area contributed by atoms with E-state index < -0.39 is 20.0 Å². The smallest absolute Gasteiger partial charge is 0.268 e. The number of carbonyl (C=O) groups is 1. The molecule has 0 aromatic heterocycles. The molecule has 8 nitrogen and oxygen atoms in total. The van der Waals surface area contributed by atoms with E-state index in [4.69, 9.17) is 9.05 Å². The largest absolute Gasteiger partial charge is 0.756 e. The van der Waals surface area contributed by atoms with Gasteiger partial charge in [-0.3, -0.25) is 9.36 Å². The summed E-state index contributed by atoms with van der Waals surface area (Å²) in [7, 11) is 1.26. The first-order chi connectivity index (χ1) is 36.5. The van der Waals surface area contributed by atoms with Crippen molar-refractivity contribution in [3.63, 3.8) is 0 Å². The predicted molar refractivity (Wildman–Crippen MR) is 325 cm³/mol. The number of aliphatic hydroxyl groups is 1. The molecule has 0 bridgehead atoms. The number of rotatable bonds is 60. The first-order valence-corrected chi connectivity index (χ1v) is 34.0. The number of nitrogens with one attached hydrogen (secondary N) is 1. The van der Waals surface area contributed by atoms with E-state index in [1.54, 1.807) is 6.08 Å². The summed E-state index contributed by atoms with van der Waals surface area (Å²) >= 11 is 0. The Morgan fingerprint density at radius 2 is 0.773 bits per heavy atom. The van der Waals surface area contributed by atoms with E-state index in [1.165, 1.54) is 238 Å². The summed E-state index contributed by atoms with van der Waals surface area (Å²) in [5.41, 5.74) is 0. The van der Waals surface area contributed by atoms with Gasteiger partial charge in [0.2, 0.25) is 5.91 Å². The molecule has 75 heavy (non-hydrogen) atoms. The van der Waals surface area contributed by atoms with Gasteiger partial charge in [-0.2, -0.15) is 0 Å². The molecule has 9 heteroatoms. The number of amides is 1. The topological polar surface area (TPSA) is 108 Å². The Bertz CT molecular complexity index is 1360. The van der Waals surface area contributed by atoms with Crippen molar-refractivity contribution in [1.29, 1.82) is 0 Å². The number of phosphoric acid groups is 1. The van der Waals surface area contributed by atoms with Crippen molar-refractivity contribution in [1.82, 2.24) is 5.32 Å². The van der Waals surface area contributed by atoms with Crippen LogP contribution in [0.1, 0.15) is 316 Å². The molecular weight excluding hydrogens is 948 g/mol. The summed E-state index contributed by atoms with van der Waals surface area (Å²) in [6.07, 6.45) is 76.4. The average molecular weight is 1080 g/mol. The van der Waals surface area contributed by atoms with Gasteiger partial charge >= 0.3 is 0 Å². The van der Waals surface area contributed by atoms with E-state index in [1.807, 2.05) is 27.2 Å². The molecule has 3 unspecified atom stereocenters. The van der Waals surface area contributed by atoms with Crippen molar-refractivity contribution in [3.8, 4) is 0 Å². The minimum atomic E-state index is -4.60. The molecule has 0 radical (unpaired) electrons. The highest BCUT2D eigenvalue weighted by Gasteiger charge is 2.23. The first kappa shape index (κ1) is 73.5. The minimum Gasteiger partial charge on any atom is -0.756 e. The zero-order valence-corrected chi connectivity index (χ0v) is 51.4. The third kappa shape index (κ3) is 60.0. The summed E-state index contributed by atoms with van der Waals surface area (Å²) in [4.78, 5) is 25.6. The maximum absolute atomic E-state index is 13.0. The monoisotopic (exact) mass is 1070 g/mol. The number of phosphoric ester groups is 1. The second-order valence-corrected chi connectivity index (χ2v) is 24.9. The lowest BCUT2D eigenvalue weighted by molar-refractivity contribution is -0.870. The fourth-order valence-corrected chi connectivity index (χ4v) is 10.4. The molecule has 0 aliphatic heterocycles. The van der Waals surface area contributed by atoms with Crippen LogP contribution in [0.4, 0.5) is 0 Å². The van der Waals surface area contributed by atoms with Crippen LogP contribution < -0.4 is 10.2 Å². The molecule has 0 saturated carbocycles. The molecule has 0 aliphatic carbocycles. The number of quaternary nitrogens is 1. The fraction of sp³-hybridized carbons (Fsp3) is 0.864. The molecule has 0 spiro atoms. The Balaban J connectivity index is 4.13. The number of carbonyl (C=O) groups excluding carboxylic acids is 1. The molecule has 2 N–H and O–H groups in total. The number of aliphatic hydroxyl groups excluding tert-OH is 1. The predicted octanol–water partition coefficient (Wildman–Crippen LogP) is 19.6. The molecule has 3 atom stereocenters. The van der Waals surface area contributed by atoms with Gasteiger partial charge in [0.05, 0.1) is 39.9 Å². The lowest BCUT2D eigenvalue weighted by atomic mass is 10.0. The van der Waals surface area contributed by atoms with Crippen molar-refractivity contribution >= 4 is 13.7 Å². The van der Waals surface area contributed by atoms with Gasteiger partial charge in [-0.25, -0.2) is 0 Å². The van der Waals surface area contributed by atoms with Crippen LogP contribution in [0.25, 0.3) is 0 Å². The van der Waals surface area contributed by atoms with E-state index in [-0.39, 0.29) is 19.1 Å². The molecule has 0 rings (SSSR count).